The van der Waals surface area contributed by atoms with Gasteiger partial charge in [-0.15, -0.1) is 0 Å². The number of nitrogens with zero attached hydrogens (tertiary/aromatic N) is 2. The van der Waals surface area contributed by atoms with Gasteiger partial charge in [-0.3, -0.25) is 4.79 Å². The van der Waals surface area contributed by atoms with Crippen LogP contribution in [0.15, 0.2) is 30.3 Å². The van der Waals surface area contributed by atoms with Crippen molar-refractivity contribution in [2.75, 3.05) is 32.8 Å². The van der Waals surface area contributed by atoms with Gasteiger partial charge in [0.25, 0.3) is 0 Å². The van der Waals surface area contributed by atoms with Crippen LogP contribution in [-0.2, 0) is 44.7 Å². The molecule has 1 fully saturated rings. The molecule has 15 nitrogen and oxygen atoms in total. The molecule has 4 amide bonds. The summed E-state index contributed by atoms with van der Waals surface area (Å²) in [6.45, 7) is 15.2. The van der Waals surface area contributed by atoms with Gasteiger partial charge in [0.1, 0.15) is 36.1 Å². The average Bonchev–Trinajstić information content (AvgIpc) is 2.97. The molecular weight excluding hydrogens is 640 g/mol. The zero-order chi connectivity index (χ0) is 37.0. The lowest BCUT2D eigenvalue weighted by Gasteiger charge is -2.33. The van der Waals surface area contributed by atoms with E-state index in [1.165, 1.54) is 9.80 Å². The van der Waals surface area contributed by atoms with Crippen molar-refractivity contribution in [2.24, 2.45) is 0 Å². The molecule has 2 rings (SSSR count). The molecule has 0 spiro atoms. The van der Waals surface area contributed by atoms with E-state index in [4.69, 9.17) is 23.7 Å². The smallest absolute Gasteiger partial charge is 0.410 e. The summed E-state index contributed by atoms with van der Waals surface area (Å²) in [7, 11) is 0. The number of piperazine rings is 1. The largest absolute Gasteiger partial charge is 0.460 e. The van der Waals surface area contributed by atoms with E-state index in [0.29, 0.717) is 0 Å². The van der Waals surface area contributed by atoms with Gasteiger partial charge in [-0.25, -0.2) is 24.0 Å². The van der Waals surface area contributed by atoms with Gasteiger partial charge in [0.2, 0.25) is 0 Å². The SMILES string of the molecule is CC(C)(C)OC(=O)CC[C@H](NC(=O)N[C@@H](COC(=O)N1CCN(C(=O)OCc2ccccc2)CC1)C(=O)OC(C)(C)C)C(=O)OC(C)(C)C. The van der Waals surface area contributed by atoms with E-state index in [0.717, 1.165) is 5.56 Å². The molecule has 274 valence electrons. The monoisotopic (exact) mass is 692 g/mol. The lowest BCUT2D eigenvalue weighted by atomic mass is 10.1. The Kier molecular flexibility index (Phi) is 14.7. The Balaban J connectivity index is 2.01. The minimum absolute atomic E-state index is 0.122. The topological polar surface area (TPSA) is 179 Å². The number of amides is 4. The molecule has 1 saturated heterocycles. The number of rotatable bonds is 11. The second kappa shape index (κ2) is 17.7. The van der Waals surface area contributed by atoms with E-state index in [2.05, 4.69) is 10.6 Å². The number of carbonyl (C=O) groups is 6. The van der Waals surface area contributed by atoms with Crippen molar-refractivity contribution in [2.45, 2.75) is 111 Å². The van der Waals surface area contributed by atoms with Crippen molar-refractivity contribution in [1.29, 1.82) is 0 Å². The highest BCUT2D eigenvalue weighted by Gasteiger charge is 2.33. The van der Waals surface area contributed by atoms with Crippen molar-refractivity contribution >= 4 is 36.1 Å². The maximum absolute atomic E-state index is 13.1. The van der Waals surface area contributed by atoms with Crippen molar-refractivity contribution in [3.8, 4) is 0 Å². The van der Waals surface area contributed by atoms with E-state index in [-0.39, 0.29) is 45.6 Å². The zero-order valence-corrected chi connectivity index (χ0v) is 30.1. The number of esters is 3. The van der Waals surface area contributed by atoms with Crippen molar-refractivity contribution in [3.05, 3.63) is 35.9 Å². The molecule has 2 atom stereocenters. The predicted molar refractivity (Wildman–Crippen MR) is 177 cm³/mol. The second-order valence-corrected chi connectivity index (χ2v) is 14.5. The van der Waals surface area contributed by atoms with Gasteiger partial charge in [-0.2, -0.15) is 0 Å². The first-order valence-electron chi connectivity index (χ1n) is 16.2. The molecule has 1 aliphatic rings. The summed E-state index contributed by atoms with van der Waals surface area (Å²) >= 11 is 0. The van der Waals surface area contributed by atoms with Crippen LogP contribution in [0.2, 0.25) is 0 Å². The van der Waals surface area contributed by atoms with Gasteiger partial charge >= 0.3 is 36.1 Å². The Morgan fingerprint density at radius 1 is 0.653 bits per heavy atom. The highest BCUT2D eigenvalue weighted by atomic mass is 16.6. The van der Waals surface area contributed by atoms with Crippen LogP contribution in [0.25, 0.3) is 0 Å². The van der Waals surface area contributed by atoms with Crippen LogP contribution in [-0.4, -0.2) is 108 Å². The Hall–Kier alpha value is -4.56. The van der Waals surface area contributed by atoms with E-state index >= 15 is 0 Å². The van der Waals surface area contributed by atoms with Crippen LogP contribution in [0.1, 0.15) is 80.7 Å². The summed E-state index contributed by atoms with van der Waals surface area (Å²) in [4.78, 5) is 79.7. The summed E-state index contributed by atoms with van der Waals surface area (Å²) < 4.78 is 26.9. The third-order valence-electron chi connectivity index (χ3n) is 6.43. The standard InChI is InChI=1S/C34H52N4O11/c1-32(2,3)47-26(39)16-15-24(27(40)48-33(4,5)6)35-29(42)36-25(28(41)49-34(7,8)9)22-46-31(44)38-19-17-37(18-20-38)30(43)45-21-23-13-11-10-12-14-23/h10-14,24-25H,15-22H2,1-9H3,(H2,35,36,42)/t24-,25-/m0/s1. The fourth-order valence-corrected chi connectivity index (χ4v) is 4.30. The Morgan fingerprint density at radius 2 is 1.10 bits per heavy atom. The van der Waals surface area contributed by atoms with Crippen molar-refractivity contribution in [1.82, 2.24) is 20.4 Å². The third kappa shape index (κ3) is 16.4. The lowest BCUT2D eigenvalue weighted by Crippen LogP contribution is -2.55. The number of nitrogens with one attached hydrogen (secondary N) is 2. The highest BCUT2D eigenvalue weighted by Crippen LogP contribution is 2.15. The minimum Gasteiger partial charge on any atom is -0.460 e. The number of hydrogen-bond acceptors (Lipinski definition) is 11. The molecule has 0 unspecified atom stereocenters. The van der Waals surface area contributed by atoms with Gasteiger partial charge in [0.15, 0.2) is 6.04 Å². The molecule has 1 heterocycles. The van der Waals surface area contributed by atoms with Crippen molar-refractivity contribution < 1.29 is 52.5 Å². The number of benzene rings is 1. The Labute approximate surface area is 288 Å². The molecule has 0 aliphatic carbocycles. The van der Waals surface area contributed by atoms with Gasteiger partial charge in [0, 0.05) is 32.6 Å². The second-order valence-electron chi connectivity index (χ2n) is 14.5. The molecule has 1 aliphatic heterocycles. The Morgan fingerprint density at radius 3 is 1.59 bits per heavy atom. The number of hydrogen-bond donors (Lipinski definition) is 2. The number of carbonyl (C=O) groups excluding carboxylic acids is 6. The predicted octanol–water partition coefficient (Wildman–Crippen LogP) is 3.92. The van der Waals surface area contributed by atoms with Gasteiger partial charge < -0.3 is 44.1 Å². The maximum atomic E-state index is 13.1. The van der Waals surface area contributed by atoms with Crippen LogP contribution in [0, 0.1) is 0 Å². The summed E-state index contributed by atoms with van der Waals surface area (Å²) in [6, 6.07) is 5.55. The van der Waals surface area contributed by atoms with E-state index in [1.807, 2.05) is 30.3 Å². The first kappa shape index (κ1) is 40.6. The molecule has 0 radical (unpaired) electrons. The van der Waals surface area contributed by atoms with Gasteiger partial charge in [-0.05, 0) is 74.3 Å². The van der Waals surface area contributed by atoms with Gasteiger partial charge in [-0.1, -0.05) is 30.3 Å². The average molecular weight is 693 g/mol. The first-order chi connectivity index (χ1) is 22.6. The molecule has 49 heavy (non-hydrogen) atoms. The highest BCUT2D eigenvalue weighted by molar-refractivity contribution is 5.88. The molecule has 0 aromatic heterocycles. The third-order valence-corrected chi connectivity index (χ3v) is 6.43. The number of urea groups is 1. The van der Waals surface area contributed by atoms with E-state index in [9.17, 15) is 28.8 Å². The van der Waals surface area contributed by atoms with Crippen LogP contribution in [0.4, 0.5) is 14.4 Å². The van der Waals surface area contributed by atoms with Crippen LogP contribution < -0.4 is 10.6 Å². The zero-order valence-electron chi connectivity index (χ0n) is 30.1. The van der Waals surface area contributed by atoms with Crippen LogP contribution >= 0.6 is 0 Å². The maximum Gasteiger partial charge on any atom is 0.410 e. The van der Waals surface area contributed by atoms with Crippen LogP contribution in [0.5, 0.6) is 0 Å². The molecular formula is C34H52N4O11. The normalized spacial score (nSPS) is 14.9. The van der Waals surface area contributed by atoms with Crippen LogP contribution in [0.3, 0.4) is 0 Å². The Bertz CT molecular complexity index is 1290. The molecule has 15 heteroatoms. The van der Waals surface area contributed by atoms with Gasteiger partial charge in [0.05, 0.1) is 0 Å². The lowest BCUT2D eigenvalue weighted by molar-refractivity contribution is -0.159. The minimum atomic E-state index is -1.46. The molecule has 2 N–H and O–H groups in total. The van der Waals surface area contributed by atoms with Crippen molar-refractivity contribution in [3.63, 3.8) is 0 Å². The quantitative estimate of drug-likeness (QED) is 0.254. The summed E-state index contributed by atoms with van der Waals surface area (Å²) in [6.07, 6.45) is -1.62. The summed E-state index contributed by atoms with van der Waals surface area (Å²) in [5.41, 5.74) is -1.72. The fraction of sp³-hybridized carbons (Fsp3) is 0.647. The summed E-state index contributed by atoms with van der Waals surface area (Å²) in [5, 5.41) is 4.86. The fourth-order valence-electron chi connectivity index (χ4n) is 4.30. The molecule has 1 aromatic rings. The molecule has 0 bridgehead atoms. The molecule has 0 saturated carbocycles. The molecule has 1 aromatic carbocycles. The van der Waals surface area contributed by atoms with E-state index in [1.54, 1.807) is 62.3 Å². The summed E-state index contributed by atoms with van der Waals surface area (Å²) in [5.74, 6) is -2.26. The first-order valence-corrected chi connectivity index (χ1v) is 16.2. The van der Waals surface area contributed by atoms with E-state index < -0.39 is 71.6 Å². The number of ether oxygens (including phenoxy) is 5.